The van der Waals surface area contributed by atoms with Gasteiger partial charge < -0.3 is 14.5 Å². The lowest BCUT2D eigenvalue weighted by atomic mass is 10.1. The van der Waals surface area contributed by atoms with Crippen molar-refractivity contribution in [3.05, 3.63) is 24.3 Å². The van der Waals surface area contributed by atoms with Crippen molar-refractivity contribution in [3.8, 4) is 5.75 Å². The highest BCUT2D eigenvalue weighted by Crippen LogP contribution is 2.33. The molecule has 0 radical (unpaired) electrons. The van der Waals surface area contributed by atoms with Gasteiger partial charge in [-0.2, -0.15) is 0 Å². The van der Waals surface area contributed by atoms with Crippen LogP contribution in [0, 0.1) is 5.92 Å². The minimum absolute atomic E-state index is 0.0161. The molecule has 2 rings (SSSR count). The van der Waals surface area contributed by atoms with Crippen molar-refractivity contribution in [2.45, 2.75) is 27.2 Å². The number of hydrogen-bond acceptors (Lipinski definition) is 3. The third kappa shape index (κ3) is 3.24. The second kappa shape index (κ2) is 7.29. The van der Waals surface area contributed by atoms with Crippen LogP contribution >= 0.6 is 0 Å². The molecule has 0 aliphatic carbocycles. The fourth-order valence-electron chi connectivity index (χ4n) is 2.86. The van der Waals surface area contributed by atoms with Gasteiger partial charge in [0.15, 0.2) is 0 Å². The van der Waals surface area contributed by atoms with E-state index in [4.69, 9.17) is 4.74 Å². The van der Waals surface area contributed by atoms with Crippen molar-refractivity contribution in [2.24, 2.45) is 5.92 Å². The molecule has 1 heterocycles. The number of amides is 2. The quantitative estimate of drug-likeness (QED) is 0.810. The summed E-state index contributed by atoms with van der Waals surface area (Å²) in [5, 5.41) is 0. The Hall–Kier alpha value is -2.04. The Bertz CT molecular complexity index is 540. The van der Waals surface area contributed by atoms with Crippen LogP contribution < -0.4 is 9.64 Å². The van der Waals surface area contributed by atoms with Crippen molar-refractivity contribution >= 4 is 17.5 Å². The number of ether oxygens (including phenoxy) is 1. The molecule has 120 valence electrons. The number of rotatable bonds is 6. The number of para-hydroxylation sites is 2. The topological polar surface area (TPSA) is 49.9 Å². The van der Waals surface area contributed by atoms with E-state index in [2.05, 4.69) is 0 Å². The Morgan fingerprint density at radius 1 is 1.27 bits per heavy atom. The molecular weight excluding hydrogens is 280 g/mol. The monoisotopic (exact) mass is 304 g/mol. The maximum atomic E-state index is 12.5. The van der Waals surface area contributed by atoms with Gasteiger partial charge >= 0.3 is 0 Å². The van der Waals surface area contributed by atoms with E-state index in [1.165, 1.54) is 0 Å². The van der Waals surface area contributed by atoms with E-state index in [-0.39, 0.29) is 24.2 Å². The molecule has 22 heavy (non-hydrogen) atoms. The zero-order valence-corrected chi connectivity index (χ0v) is 13.5. The second-order valence-electron chi connectivity index (χ2n) is 5.32. The minimum atomic E-state index is -0.262. The van der Waals surface area contributed by atoms with Gasteiger partial charge in [0.05, 0.1) is 18.2 Å². The van der Waals surface area contributed by atoms with Crippen molar-refractivity contribution in [2.75, 3.05) is 31.1 Å². The van der Waals surface area contributed by atoms with E-state index >= 15 is 0 Å². The molecule has 1 aliphatic heterocycles. The standard InChI is InChI=1S/C17H24N2O3/c1-4-18(5-2)17(21)13-11-16(20)19(12-13)14-9-7-8-10-15(14)22-6-3/h7-10,13H,4-6,11-12H2,1-3H3. The molecule has 1 aliphatic rings. The second-order valence-corrected chi connectivity index (χ2v) is 5.32. The summed E-state index contributed by atoms with van der Waals surface area (Å²) in [5.41, 5.74) is 0.754. The molecule has 0 saturated carbocycles. The zero-order valence-electron chi connectivity index (χ0n) is 13.5. The summed E-state index contributed by atoms with van der Waals surface area (Å²) in [7, 11) is 0. The van der Waals surface area contributed by atoms with Gasteiger partial charge in [-0.1, -0.05) is 12.1 Å². The zero-order chi connectivity index (χ0) is 16.1. The minimum Gasteiger partial charge on any atom is -0.492 e. The van der Waals surface area contributed by atoms with E-state index in [9.17, 15) is 9.59 Å². The number of nitrogens with zero attached hydrogens (tertiary/aromatic N) is 2. The lowest BCUT2D eigenvalue weighted by molar-refractivity contribution is -0.135. The maximum Gasteiger partial charge on any atom is 0.227 e. The molecule has 1 saturated heterocycles. The molecule has 0 bridgehead atoms. The first kappa shape index (κ1) is 16.3. The van der Waals surface area contributed by atoms with Crippen LogP contribution in [0.5, 0.6) is 5.75 Å². The van der Waals surface area contributed by atoms with E-state index in [1.54, 1.807) is 9.80 Å². The average Bonchev–Trinajstić information content (AvgIpc) is 2.91. The highest BCUT2D eigenvalue weighted by atomic mass is 16.5. The highest BCUT2D eigenvalue weighted by Gasteiger charge is 2.37. The number of carbonyl (C=O) groups is 2. The van der Waals surface area contributed by atoms with Crippen LogP contribution in [-0.4, -0.2) is 43.0 Å². The Balaban J connectivity index is 2.18. The van der Waals surface area contributed by atoms with Crippen LogP contribution in [0.3, 0.4) is 0 Å². The largest absolute Gasteiger partial charge is 0.492 e. The van der Waals surface area contributed by atoms with E-state index in [1.807, 2.05) is 45.0 Å². The third-order valence-corrected chi connectivity index (χ3v) is 4.01. The van der Waals surface area contributed by atoms with Gasteiger partial charge in [0.25, 0.3) is 0 Å². The van der Waals surface area contributed by atoms with E-state index in [0.717, 1.165) is 5.69 Å². The Morgan fingerprint density at radius 3 is 2.59 bits per heavy atom. The fourth-order valence-corrected chi connectivity index (χ4v) is 2.86. The molecule has 1 aromatic carbocycles. The molecule has 1 fully saturated rings. The van der Waals surface area contributed by atoms with Gasteiger partial charge in [-0.05, 0) is 32.9 Å². The molecule has 1 atom stereocenters. The Morgan fingerprint density at radius 2 is 1.95 bits per heavy atom. The molecular formula is C17H24N2O3. The highest BCUT2D eigenvalue weighted by molar-refractivity contribution is 6.01. The van der Waals surface area contributed by atoms with Gasteiger partial charge in [-0.3, -0.25) is 9.59 Å². The summed E-state index contributed by atoms with van der Waals surface area (Å²) in [6, 6.07) is 7.48. The van der Waals surface area contributed by atoms with Crippen LogP contribution in [0.4, 0.5) is 5.69 Å². The van der Waals surface area contributed by atoms with Crippen molar-refractivity contribution in [1.82, 2.24) is 4.90 Å². The van der Waals surface area contributed by atoms with Gasteiger partial charge in [-0.15, -0.1) is 0 Å². The third-order valence-electron chi connectivity index (χ3n) is 4.01. The van der Waals surface area contributed by atoms with Gasteiger partial charge in [0.1, 0.15) is 5.75 Å². The fraction of sp³-hybridized carbons (Fsp3) is 0.529. The average molecular weight is 304 g/mol. The first-order valence-electron chi connectivity index (χ1n) is 7.93. The summed E-state index contributed by atoms with van der Waals surface area (Å²) in [5.74, 6) is 0.476. The SMILES string of the molecule is CCOc1ccccc1N1CC(C(=O)N(CC)CC)CC1=O. The molecule has 0 aromatic heterocycles. The molecule has 0 N–H and O–H groups in total. The predicted molar refractivity (Wildman–Crippen MR) is 86.0 cm³/mol. The molecule has 0 spiro atoms. The molecule has 1 aromatic rings. The van der Waals surface area contributed by atoms with Crippen LogP contribution in [0.2, 0.25) is 0 Å². The number of hydrogen-bond donors (Lipinski definition) is 0. The van der Waals surface area contributed by atoms with Crippen molar-refractivity contribution in [1.29, 1.82) is 0 Å². The molecule has 5 nitrogen and oxygen atoms in total. The van der Waals surface area contributed by atoms with E-state index in [0.29, 0.717) is 32.0 Å². The van der Waals surface area contributed by atoms with Crippen LogP contribution in [0.15, 0.2) is 24.3 Å². The lowest BCUT2D eigenvalue weighted by Crippen LogP contribution is -2.37. The maximum absolute atomic E-state index is 12.5. The predicted octanol–water partition coefficient (Wildman–Crippen LogP) is 2.31. The number of carbonyl (C=O) groups excluding carboxylic acids is 2. The number of benzene rings is 1. The smallest absolute Gasteiger partial charge is 0.227 e. The van der Waals surface area contributed by atoms with Gasteiger partial charge in [0, 0.05) is 26.1 Å². The first-order valence-corrected chi connectivity index (χ1v) is 7.93. The normalized spacial score (nSPS) is 17.7. The molecule has 5 heteroatoms. The summed E-state index contributed by atoms with van der Waals surface area (Å²) >= 11 is 0. The van der Waals surface area contributed by atoms with Crippen LogP contribution in [0.1, 0.15) is 27.2 Å². The summed E-state index contributed by atoms with van der Waals surface area (Å²) in [6.07, 6.45) is 0.274. The summed E-state index contributed by atoms with van der Waals surface area (Å²) in [4.78, 5) is 28.3. The van der Waals surface area contributed by atoms with E-state index < -0.39 is 0 Å². The number of anilines is 1. The van der Waals surface area contributed by atoms with Gasteiger partial charge in [0.2, 0.25) is 11.8 Å². The summed E-state index contributed by atoms with van der Waals surface area (Å²) < 4.78 is 5.59. The van der Waals surface area contributed by atoms with Crippen LogP contribution in [-0.2, 0) is 9.59 Å². The first-order chi connectivity index (χ1) is 10.6. The molecule has 2 amide bonds. The van der Waals surface area contributed by atoms with Crippen LogP contribution in [0.25, 0.3) is 0 Å². The van der Waals surface area contributed by atoms with Crippen molar-refractivity contribution < 1.29 is 14.3 Å². The summed E-state index contributed by atoms with van der Waals surface area (Å²) in [6.45, 7) is 8.15. The molecule has 1 unspecified atom stereocenters. The lowest BCUT2D eigenvalue weighted by Gasteiger charge is -2.23. The van der Waals surface area contributed by atoms with Gasteiger partial charge in [-0.25, -0.2) is 0 Å². The Labute approximate surface area is 131 Å². The Kier molecular flexibility index (Phi) is 5.41. The van der Waals surface area contributed by atoms with Crippen molar-refractivity contribution in [3.63, 3.8) is 0 Å².